The van der Waals surface area contributed by atoms with E-state index in [2.05, 4.69) is 15.9 Å². The van der Waals surface area contributed by atoms with Gasteiger partial charge in [0.05, 0.1) is 5.56 Å². The van der Waals surface area contributed by atoms with Crippen LogP contribution in [-0.4, -0.2) is 11.8 Å². The first-order chi connectivity index (χ1) is 13.0. The maximum atomic E-state index is 12.2. The fourth-order valence-corrected chi connectivity index (χ4v) is 2.68. The molecule has 3 aromatic carbocycles. The molecule has 0 N–H and O–H groups in total. The van der Waals surface area contributed by atoms with Gasteiger partial charge >= 0.3 is 5.97 Å². The molecule has 0 saturated carbocycles. The smallest absolute Gasteiger partial charge is 0.343 e. The first-order valence-electron chi connectivity index (χ1n) is 8.38. The Hall–Kier alpha value is -2.98. The van der Waals surface area contributed by atoms with Crippen LogP contribution in [0.25, 0.3) is 6.08 Å². The van der Waals surface area contributed by atoms with E-state index in [1.165, 1.54) is 6.08 Å². The summed E-state index contributed by atoms with van der Waals surface area (Å²) >= 11 is 3.33. The Balaban J connectivity index is 1.69. The van der Waals surface area contributed by atoms with E-state index < -0.39 is 5.97 Å². The van der Waals surface area contributed by atoms with Gasteiger partial charge in [0.1, 0.15) is 5.75 Å². The average molecular weight is 421 g/mol. The van der Waals surface area contributed by atoms with Crippen LogP contribution in [0.15, 0.2) is 83.3 Å². The summed E-state index contributed by atoms with van der Waals surface area (Å²) in [4.78, 5) is 24.4. The molecule has 3 aromatic rings. The number of benzene rings is 3. The number of ketones is 1. The van der Waals surface area contributed by atoms with Gasteiger partial charge in [0.15, 0.2) is 5.78 Å². The molecule has 3 rings (SSSR count). The van der Waals surface area contributed by atoms with Crippen molar-refractivity contribution in [3.05, 3.63) is 106 Å². The number of rotatable bonds is 5. The van der Waals surface area contributed by atoms with E-state index >= 15 is 0 Å². The molecule has 4 heteroatoms. The third-order valence-corrected chi connectivity index (χ3v) is 4.44. The van der Waals surface area contributed by atoms with E-state index in [0.29, 0.717) is 16.9 Å². The third-order valence-electron chi connectivity index (χ3n) is 3.91. The van der Waals surface area contributed by atoms with E-state index in [1.54, 1.807) is 60.7 Å². The molecule has 0 radical (unpaired) electrons. The Kier molecular flexibility index (Phi) is 5.99. The van der Waals surface area contributed by atoms with Gasteiger partial charge in [0.2, 0.25) is 0 Å². The van der Waals surface area contributed by atoms with Gasteiger partial charge in [-0.05, 0) is 55.0 Å². The number of ether oxygens (including phenoxy) is 1. The van der Waals surface area contributed by atoms with Gasteiger partial charge in [-0.3, -0.25) is 4.79 Å². The molecular formula is C23H17BrO3. The highest BCUT2D eigenvalue weighted by molar-refractivity contribution is 9.10. The van der Waals surface area contributed by atoms with Gasteiger partial charge in [-0.25, -0.2) is 4.79 Å². The SMILES string of the molecule is Cc1ccc(C(=O)/C=C/c2cccc(OC(=O)c3ccc(Br)cc3)c2)cc1. The van der Waals surface area contributed by atoms with E-state index in [9.17, 15) is 9.59 Å². The number of hydrogen-bond acceptors (Lipinski definition) is 3. The highest BCUT2D eigenvalue weighted by atomic mass is 79.9. The van der Waals surface area contributed by atoms with E-state index in [-0.39, 0.29) is 5.78 Å². The minimum absolute atomic E-state index is 0.0766. The Labute approximate surface area is 166 Å². The summed E-state index contributed by atoms with van der Waals surface area (Å²) in [6, 6.07) is 21.4. The number of aryl methyl sites for hydroxylation is 1. The zero-order valence-corrected chi connectivity index (χ0v) is 16.3. The minimum Gasteiger partial charge on any atom is -0.423 e. The van der Waals surface area contributed by atoms with Crippen molar-refractivity contribution in [2.75, 3.05) is 0 Å². The van der Waals surface area contributed by atoms with Crippen molar-refractivity contribution >= 4 is 33.8 Å². The third kappa shape index (κ3) is 5.25. The van der Waals surface area contributed by atoms with E-state index in [0.717, 1.165) is 15.6 Å². The Morgan fingerprint density at radius 2 is 1.56 bits per heavy atom. The largest absolute Gasteiger partial charge is 0.423 e. The average Bonchev–Trinajstić information content (AvgIpc) is 2.67. The quantitative estimate of drug-likeness (QED) is 0.224. The zero-order chi connectivity index (χ0) is 19.2. The normalized spacial score (nSPS) is 10.7. The topological polar surface area (TPSA) is 43.4 Å². The molecule has 3 nitrogen and oxygen atoms in total. The Morgan fingerprint density at radius 1 is 0.889 bits per heavy atom. The molecule has 0 amide bonds. The second kappa shape index (κ2) is 8.60. The van der Waals surface area contributed by atoms with Crippen LogP contribution >= 0.6 is 15.9 Å². The predicted molar refractivity (Wildman–Crippen MR) is 110 cm³/mol. The van der Waals surface area contributed by atoms with Gasteiger partial charge < -0.3 is 4.74 Å². The molecule has 0 spiro atoms. The van der Waals surface area contributed by atoms with Crippen molar-refractivity contribution in [3.8, 4) is 5.75 Å². The van der Waals surface area contributed by atoms with Gasteiger partial charge in [0.25, 0.3) is 0 Å². The molecule has 0 fully saturated rings. The fraction of sp³-hybridized carbons (Fsp3) is 0.0435. The van der Waals surface area contributed by atoms with Crippen LogP contribution < -0.4 is 4.74 Å². The number of allylic oxidation sites excluding steroid dienone is 1. The Morgan fingerprint density at radius 3 is 2.26 bits per heavy atom. The lowest BCUT2D eigenvalue weighted by Crippen LogP contribution is -2.08. The van der Waals surface area contributed by atoms with Crippen LogP contribution in [0.1, 0.15) is 31.8 Å². The summed E-state index contributed by atoms with van der Waals surface area (Å²) in [5.74, 6) is -0.0838. The first kappa shape index (κ1) is 18.8. The second-order valence-corrected chi connectivity index (χ2v) is 6.95. The van der Waals surface area contributed by atoms with Crippen LogP contribution in [-0.2, 0) is 0 Å². The molecule has 27 heavy (non-hydrogen) atoms. The predicted octanol–water partition coefficient (Wildman–Crippen LogP) is 5.87. The number of carbonyl (C=O) groups excluding carboxylic acids is 2. The van der Waals surface area contributed by atoms with Crippen molar-refractivity contribution in [1.29, 1.82) is 0 Å². The highest BCUT2D eigenvalue weighted by Crippen LogP contribution is 2.18. The van der Waals surface area contributed by atoms with Crippen LogP contribution in [0, 0.1) is 6.92 Å². The van der Waals surface area contributed by atoms with Crippen LogP contribution in [0.5, 0.6) is 5.75 Å². The molecule has 0 saturated heterocycles. The first-order valence-corrected chi connectivity index (χ1v) is 9.17. The van der Waals surface area contributed by atoms with Crippen molar-refractivity contribution in [2.45, 2.75) is 6.92 Å². The summed E-state index contributed by atoms with van der Waals surface area (Å²) < 4.78 is 6.31. The summed E-state index contributed by atoms with van der Waals surface area (Å²) in [5, 5.41) is 0. The molecule has 0 aliphatic rings. The Bertz CT molecular complexity index is 987. The standard InChI is InChI=1S/C23H17BrO3/c1-16-5-8-18(9-6-16)22(25)14-7-17-3-2-4-21(15-17)27-23(26)19-10-12-20(24)13-11-19/h2-15H,1H3/b14-7+. The summed E-state index contributed by atoms with van der Waals surface area (Å²) in [6.07, 6.45) is 3.22. The second-order valence-electron chi connectivity index (χ2n) is 6.03. The lowest BCUT2D eigenvalue weighted by Gasteiger charge is -2.05. The maximum absolute atomic E-state index is 12.2. The number of halogens is 1. The number of hydrogen-bond donors (Lipinski definition) is 0. The highest BCUT2D eigenvalue weighted by Gasteiger charge is 2.08. The minimum atomic E-state index is -0.431. The fourth-order valence-electron chi connectivity index (χ4n) is 2.42. The van der Waals surface area contributed by atoms with Crippen molar-refractivity contribution in [3.63, 3.8) is 0 Å². The van der Waals surface area contributed by atoms with Crippen LogP contribution in [0.3, 0.4) is 0 Å². The van der Waals surface area contributed by atoms with E-state index in [4.69, 9.17) is 4.74 Å². The van der Waals surface area contributed by atoms with Gasteiger partial charge in [-0.1, -0.05) is 64.0 Å². The summed E-state index contributed by atoms with van der Waals surface area (Å²) in [6.45, 7) is 1.98. The maximum Gasteiger partial charge on any atom is 0.343 e. The van der Waals surface area contributed by atoms with Crippen molar-refractivity contribution < 1.29 is 14.3 Å². The van der Waals surface area contributed by atoms with Gasteiger partial charge in [-0.2, -0.15) is 0 Å². The zero-order valence-electron chi connectivity index (χ0n) is 14.7. The molecular weight excluding hydrogens is 404 g/mol. The summed E-state index contributed by atoms with van der Waals surface area (Å²) in [5.41, 5.74) is 2.98. The number of esters is 1. The molecule has 0 unspecified atom stereocenters. The van der Waals surface area contributed by atoms with Crippen molar-refractivity contribution in [1.82, 2.24) is 0 Å². The molecule has 0 heterocycles. The van der Waals surface area contributed by atoms with Gasteiger partial charge in [0, 0.05) is 10.0 Å². The van der Waals surface area contributed by atoms with Crippen LogP contribution in [0.2, 0.25) is 0 Å². The van der Waals surface area contributed by atoms with E-state index in [1.807, 2.05) is 25.1 Å². The molecule has 0 bridgehead atoms. The molecule has 0 aromatic heterocycles. The van der Waals surface area contributed by atoms with Gasteiger partial charge in [-0.15, -0.1) is 0 Å². The molecule has 0 aliphatic heterocycles. The monoisotopic (exact) mass is 420 g/mol. The lowest BCUT2D eigenvalue weighted by molar-refractivity contribution is 0.0734. The summed E-state index contributed by atoms with van der Waals surface area (Å²) in [7, 11) is 0. The molecule has 0 atom stereocenters. The molecule has 134 valence electrons. The lowest BCUT2D eigenvalue weighted by atomic mass is 10.1. The molecule has 0 aliphatic carbocycles. The number of carbonyl (C=O) groups is 2. The van der Waals surface area contributed by atoms with Crippen molar-refractivity contribution in [2.24, 2.45) is 0 Å². The van der Waals surface area contributed by atoms with Crippen LogP contribution in [0.4, 0.5) is 0 Å².